The van der Waals surface area contributed by atoms with Crippen LogP contribution in [0.1, 0.15) is 0 Å². The molecular formula is C17H16N2O3S. The van der Waals surface area contributed by atoms with E-state index in [2.05, 4.69) is 9.71 Å². The first-order chi connectivity index (χ1) is 11.1. The highest BCUT2D eigenvalue weighted by Gasteiger charge is 2.12. The first-order valence-electron chi connectivity index (χ1n) is 7.17. The molecule has 1 N–H and O–H groups in total. The van der Waals surface area contributed by atoms with Crippen LogP contribution in [0.15, 0.2) is 71.8 Å². The van der Waals surface area contributed by atoms with E-state index in [1.807, 2.05) is 30.3 Å². The minimum absolute atomic E-state index is 0.197. The van der Waals surface area contributed by atoms with Crippen LogP contribution in [0.2, 0.25) is 0 Å². The van der Waals surface area contributed by atoms with Crippen molar-refractivity contribution in [2.45, 2.75) is 4.90 Å². The topological polar surface area (TPSA) is 68.3 Å². The molecule has 0 aliphatic rings. The molecule has 0 spiro atoms. The summed E-state index contributed by atoms with van der Waals surface area (Å²) >= 11 is 0. The number of sulfonamides is 1. The molecule has 1 aromatic heterocycles. The average Bonchev–Trinajstić information content (AvgIpc) is 2.59. The third-order valence-corrected chi connectivity index (χ3v) is 4.77. The summed E-state index contributed by atoms with van der Waals surface area (Å²) in [6, 6.07) is 17.7. The molecule has 0 amide bonds. The van der Waals surface area contributed by atoms with E-state index in [-0.39, 0.29) is 18.0 Å². The Kier molecular flexibility index (Phi) is 4.55. The second kappa shape index (κ2) is 6.76. The van der Waals surface area contributed by atoms with Gasteiger partial charge in [0.25, 0.3) is 0 Å². The molecule has 0 unspecified atom stereocenters. The number of hydrogen-bond acceptors (Lipinski definition) is 4. The third kappa shape index (κ3) is 3.85. The van der Waals surface area contributed by atoms with Crippen LogP contribution in [-0.2, 0) is 10.0 Å². The van der Waals surface area contributed by atoms with Gasteiger partial charge in [-0.25, -0.2) is 13.1 Å². The largest absolute Gasteiger partial charge is 0.492 e. The summed E-state index contributed by atoms with van der Waals surface area (Å²) in [7, 11) is -3.49. The fourth-order valence-corrected chi connectivity index (χ4v) is 3.21. The molecule has 0 saturated heterocycles. The summed E-state index contributed by atoms with van der Waals surface area (Å²) < 4.78 is 32.2. The number of aromatic nitrogens is 1. The zero-order valence-electron chi connectivity index (χ0n) is 12.3. The molecule has 0 fully saturated rings. The number of fused-ring (bicyclic) bond motifs is 1. The highest BCUT2D eigenvalue weighted by molar-refractivity contribution is 7.89. The van der Waals surface area contributed by atoms with Gasteiger partial charge < -0.3 is 4.74 Å². The van der Waals surface area contributed by atoms with Gasteiger partial charge >= 0.3 is 0 Å². The van der Waals surface area contributed by atoms with Crippen molar-refractivity contribution in [2.75, 3.05) is 13.2 Å². The molecular weight excluding hydrogens is 312 g/mol. The molecule has 0 aliphatic carbocycles. The molecule has 3 aromatic rings. The van der Waals surface area contributed by atoms with Crippen LogP contribution in [0.5, 0.6) is 5.75 Å². The van der Waals surface area contributed by atoms with Crippen molar-refractivity contribution in [1.82, 2.24) is 9.71 Å². The average molecular weight is 328 g/mol. The van der Waals surface area contributed by atoms with Gasteiger partial charge in [0.1, 0.15) is 12.4 Å². The van der Waals surface area contributed by atoms with Crippen LogP contribution in [0.3, 0.4) is 0 Å². The third-order valence-electron chi connectivity index (χ3n) is 3.29. The normalized spacial score (nSPS) is 11.5. The predicted octanol–water partition coefficient (Wildman–Crippen LogP) is 2.59. The smallest absolute Gasteiger partial charge is 0.240 e. The Morgan fingerprint density at radius 3 is 2.65 bits per heavy atom. The number of rotatable bonds is 6. The van der Waals surface area contributed by atoms with Crippen molar-refractivity contribution in [3.05, 3.63) is 66.9 Å². The Balaban J connectivity index is 1.57. The van der Waals surface area contributed by atoms with E-state index in [4.69, 9.17) is 4.74 Å². The van der Waals surface area contributed by atoms with Gasteiger partial charge in [-0.2, -0.15) is 0 Å². The van der Waals surface area contributed by atoms with Crippen LogP contribution < -0.4 is 9.46 Å². The van der Waals surface area contributed by atoms with E-state index < -0.39 is 10.0 Å². The SMILES string of the molecule is O=S(=O)(NCCOc1ccc2ncccc2c1)c1ccccc1. The lowest BCUT2D eigenvalue weighted by Crippen LogP contribution is -2.28. The second-order valence-electron chi connectivity index (χ2n) is 4.92. The number of hydrogen-bond donors (Lipinski definition) is 1. The van der Waals surface area contributed by atoms with Crippen LogP contribution in [0.25, 0.3) is 10.9 Å². The molecule has 118 valence electrons. The number of nitrogens with zero attached hydrogens (tertiary/aromatic N) is 1. The van der Waals surface area contributed by atoms with Crippen molar-refractivity contribution in [2.24, 2.45) is 0 Å². The number of benzene rings is 2. The van der Waals surface area contributed by atoms with Crippen LogP contribution in [0, 0.1) is 0 Å². The van der Waals surface area contributed by atoms with Crippen molar-refractivity contribution < 1.29 is 13.2 Å². The summed E-state index contributed by atoms with van der Waals surface area (Å²) in [5.41, 5.74) is 0.893. The molecule has 2 aromatic carbocycles. The Morgan fingerprint density at radius 1 is 1.00 bits per heavy atom. The van der Waals surface area contributed by atoms with Gasteiger partial charge in [0.15, 0.2) is 0 Å². The van der Waals surface area contributed by atoms with Gasteiger partial charge in [-0.3, -0.25) is 4.98 Å². The molecule has 6 heteroatoms. The fourth-order valence-electron chi connectivity index (χ4n) is 2.17. The standard InChI is InChI=1S/C17H16N2O3S/c20-23(21,16-6-2-1-3-7-16)19-11-12-22-15-8-9-17-14(13-15)5-4-10-18-17/h1-10,13,19H,11-12H2. The van der Waals surface area contributed by atoms with Crippen LogP contribution >= 0.6 is 0 Å². The maximum absolute atomic E-state index is 12.0. The van der Waals surface area contributed by atoms with Gasteiger partial charge in [-0.15, -0.1) is 0 Å². The van der Waals surface area contributed by atoms with E-state index in [1.54, 1.807) is 36.5 Å². The summed E-state index contributed by atoms with van der Waals surface area (Å²) in [5.74, 6) is 0.685. The van der Waals surface area contributed by atoms with E-state index in [0.717, 1.165) is 10.9 Å². The lowest BCUT2D eigenvalue weighted by Gasteiger charge is -2.09. The van der Waals surface area contributed by atoms with E-state index >= 15 is 0 Å². The van der Waals surface area contributed by atoms with Gasteiger partial charge in [0.05, 0.1) is 10.4 Å². The highest BCUT2D eigenvalue weighted by Crippen LogP contribution is 2.18. The molecule has 0 bridgehead atoms. The molecule has 3 rings (SSSR count). The van der Waals surface area contributed by atoms with Crippen LogP contribution in [0.4, 0.5) is 0 Å². The minimum atomic E-state index is -3.49. The summed E-state index contributed by atoms with van der Waals surface area (Å²) in [4.78, 5) is 4.48. The Hall–Kier alpha value is -2.44. The van der Waals surface area contributed by atoms with E-state index in [9.17, 15) is 8.42 Å². The molecule has 0 atom stereocenters. The summed E-state index contributed by atoms with van der Waals surface area (Å²) in [6.07, 6.45) is 1.74. The highest BCUT2D eigenvalue weighted by atomic mass is 32.2. The molecule has 0 saturated carbocycles. The van der Waals surface area contributed by atoms with Crippen molar-refractivity contribution >= 4 is 20.9 Å². The molecule has 5 nitrogen and oxygen atoms in total. The molecule has 23 heavy (non-hydrogen) atoms. The quantitative estimate of drug-likeness (QED) is 0.706. The summed E-state index contributed by atoms with van der Waals surface area (Å²) in [5, 5.41) is 0.981. The van der Waals surface area contributed by atoms with Crippen LogP contribution in [-0.4, -0.2) is 26.6 Å². The zero-order chi connectivity index (χ0) is 16.1. The monoisotopic (exact) mass is 328 g/mol. The van der Waals surface area contributed by atoms with Crippen molar-refractivity contribution in [3.63, 3.8) is 0 Å². The first-order valence-corrected chi connectivity index (χ1v) is 8.66. The number of ether oxygens (including phenoxy) is 1. The molecule has 0 radical (unpaired) electrons. The van der Waals surface area contributed by atoms with Crippen molar-refractivity contribution in [1.29, 1.82) is 0 Å². The van der Waals surface area contributed by atoms with Crippen molar-refractivity contribution in [3.8, 4) is 5.75 Å². The predicted molar refractivity (Wildman–Crippen MR) is 88.9 cm³/mol. The van der Waals surface area contributed by atoms with E-state index in [1.165, 1.54) is 0 Å². The number of pyridine rings is 1. The Labute approximate surface area is 135 Å². The molecule has 1 heterocycles. The van der Waals surface area contributed by atoms with E-state index in [0.29, 0.717) is 5.75 Å². The molecule has 0 aliphatic heterocycles. The Morgan fingerprint density at radius 2 is 1.83 bits per heavy atom. The second-order valence-corrected chi connectivity index (χ2v) is 6.68. The minimum Gasteiger partial charge on any atom is -0.492 e. The van der Waals surface area contributed by atoms with Gasteiger partial charge in [0, 0.05) is 18.1 Å². The maximum Gasteiger partial charge on any atom is 0.240 e. The van der Waals surface area contributed by atoms with Gasteiger partial charge in [0.2, 0.25) is 10.0 Å². The van der Waals surface area contributed by atoms with Gasteiger partial charge in [-0.05, 0) is 36.4 Å². The summed E-state index contributed by atoms with van der Waals surface area (Å²) in [6.45, 7) is 0.445. The lowest BCUT2D eigenvalue weighted by molar-refractivity contribution is 0.323. The van der Waals surface area contributed by atoms with Gasteiger partial charge in [-0.1, -0.05) is 24.3 Å². The zero-order valence-corrected chi connectivity index (χ0v) is 13.2. The first kappa shape index (κ1) is 15.5. The maximum atomic E-state index is 12.0. The Bertz CT molecular complexity index is 896. The lowest BCUT2D eigenvalue weighted by atomic mass is 10.2. The fraction of sp³-hybridized carbons (Fsp3) is 0.118. The number of nitrogens with one attached hydrogen (secondary N) is 1.